The first-order valence-corrected chi connectivity index (χ1v) is 5.40. The molecule has 0 saturated carbocycles. The van der Waals surface area contributed by atoms with Crippen molar-refractivity contribution in [3.05, 3.63) is 35.9 Å². The zero-order valence-corrected chi connectivity index (χ0v) is 9.99. The van der Waals surface area contributed by atoms with Gasteiger partial charge in [-0.25, -0.2) is 4.98 Å². The molecule has 0 fully saturated rings. The first kappa shape index (κ1) is 13.1. The van der Waals surface area contributed by atoms with Gasteiger partial charge in [-0.05, 0) is 12.1 Å². The largest absolute Gasteiger partial charge is 0.416 e. The first-order valence-electron chi connectivity index (χ1n) is 5.40. The fraction of sp³-hybridized carbons (Fsp3) is 0.167. The SMILES string of the molecule is CNc1cc(-c2ccc(C(F)(F)F)cc2)nc(N)n1. The van der Waals surface area contributed by atoms with Gasteiger partial charge in [0.25, 0.3) is 0 Å². The number of halogens is 3. The van der Waals surface area contributed by atoms with Crippen molar-refractivity contribution in [2.24, 2.45) is 0 Å². The highest BCUT2D eigenvalue weighted by atomic mass is 19.4. The molecule has 7 heteroatoms. The first-order chi connectivity index (χ1) is 8.90. The smallest absolute Gasteiger partial charge is 0.373 e. The number of aromatic nitrogens is 2. The standard InChI is InChI=1S/C12H11F3N4/c1-17-10-6-9(18-11(16)19-10)7-2-4-8(5-3-7)12(13,14)15/h2-6H,1H3,(H3,16,17,18,19). The number of hydrogen-bond acceptors (Lipinski definition) is 4. The van der Waals surface area contributed by atoms with Crippen LogP contribution in [0, 0.1) is 0 Å². The monoisotopic (exact) mass is 268 g/mol. The van der Waals surface area contributed by atoms with E-state index < -0.39 is 11.7 Å². The molecule has 0 radical (unpaired) electrons. The number of alkyl halides is 3. The third-order valence-corrected chi connectivity index (χ3v) is 2.51. The molecular formula is C12H11F3N4. The minimum Gasteiger partial charge on any atom is -0.373 e. The number of benzene rings is 1. The molecule has 1 aromatic carbocycles. The van der Waals surface area contributed by atoms with Crippen molar-refractivity contribution in [1.29, 1.82) is 0 Å². The van der Waals surface area contributed by atoms with Crippen molar-refractivity contribution in [3.63, 3.8) is 0 Å². The lowest BCUT2D eigenvalue weighted by Gasteiger charge is -2.08. The topological polar surface area (TPSA) is 63.8 Å². The summed E-state index contributed by atoms with van der Waals surface area (Å²) in [6.07, 6.45) is -4.35. The number of nitrogens with two attached hydrogens (primary N) is 1. The van der Waals surface area contributed by atoms with Crippen LogP contribution >= 0.6 is 0 Å². The summed E-state index contributed by atoms with van der Waals surface area (Å²) >= 11 is 0. The van der Waals surface area contributed by atoms with Crippen molar-refractivity contribution in [2.75, 3.05) is 18.1 Å². The van der Waals surface area contributed by atoms with Gasteiger partial charge in [-0.1, -0.05) is 12.1 Å². The Balaban J connectivity index is 2.40. The number of nitrogens with one attached hydrogen (secondary N) is 1. The Labute approximate surface area is 107 Å². The molecule has 1 aromatic heterocycles. The molecule has 0 spiro atoms. The van der Waals surface area contributed by atoms with Gasteiger partial charge in [-0.2, -0.15) is 18.2 Å². The Hall–Kier alpha value is -2.31. The van der Waals surface area contributed by atoms with Gasteiger partial charge in [0, 0.05) is 18.7 Å². The summed E-state index contributed by atoms with van der Waals surface area (Å²) in [6, 6.07) is 6.33. The highest BCUT2D eigenvalue weighted by Crippen LogP contribution is 2.30. The molecule has 0 unspecified atom stereocenters. The molecular weight excluding hydrogens is 257 g/mol. The normalized spacial score (nSPS) is 11.4. The Morgan fingerprint density at radius 1 is 1.11 bits per heavy atom. The average molecular weight is 268 g/mol. The average Bonchev–Trinajstić information content (AvgIpc) is 2.37. The lowest BCUT2D eigenvalue weighted by atomic mass is 10.1. The van der Waals surface area contributed by atoms with E-state index in [-0.39, 0.29) is 5.95 Å². The van der Waals surface area contributed by atoms with Gasteiger partial charge in [0.05, 0.1) is 11.3 Å². The summed E-state index contributed by atoms with van der Waals surface area (Å²) in [6.45, 7) is 0. The van der Waals surface area contributed by atoms with E-state index in [4.69, 9.17) is 5.73 Å². The predicted molar refractivity (Wildman–Crippen MR) is 66.4 cm³/mol. The molecule has 2 aromatic rings. The van der Waals surface area contributed by atoms with Gasteiger partial charge in [0.2, 0.25) is 5.95 Å². The molecule has 0 saturated heterocycles. The molecule has 100 valence electrons. The molecule has 4 nitrogen and oxygen atoms in total. The van der Waals surface area contributed by atoms with Crippen LogP contribution in [-0.4, -0.2) is 17.0 Å². The van der Waals surface area contributed by atoms with Gasteiger partial charge in [0.1, 0.15) is 5.82 Å². The van der Waals surface area contributed by atoms with Crippen LogP contribution in [0.2, 0.25) is 0 Å². The molecule has 0 amide bonds. The lowest BCUT2D eigenvalue weighted by Crippen LogP contribution is -2.04. The fourth-order valence-corrected chi connectivity index (χ4v) is 1.57. The summed E-state index contributed by atoms with van der Waals surface area (Å²) in [5.41, 5.74) is 5.83. The number of anilines is 2. The zero-order valence-electron chi connectivity index (χ0n) is 9.99. The minimum atomic E-state index is -4.35. The van der Waals surface area contributed by atoms with Crippen LogP contribution in [0.5, 0.6) is 0 Å². The van der Waals surface area contributed by atoms with E-state index in [1.807, 2.05) is 0 Å². The van der Waals surface area contributed by atoms with Crippen molar-refractivity contribution in [1.82, 2.24) is 9.97 Å². The molecule has 3 N–H and O–H groups in total. The maximum Gasteiger partial charge on any atom is 0.416 e. The second-order valence-corrected chi connectivity index (χ2v) is 3.82. The summed E-state index contributed by atoms with van der Waals surface area (Å²) in [5, 5.41) is 2.80. The highest BCUT2D eigenvalue weighted by molar-refractivity contribution is 5.64. The van der Waals surface area contributed by atoms with Crippen molar-refractivity contribution >= 4 is 11.8 Å². The maximum atomic E-state index is 12.4. The predicted octanol–water partition coefficient (Wildman–Crippen LogP) is 2.79. The van der Waals surface area contributed by atoms with Crippen LogP contribution < -0.4 is 11.1 Å². The number of hydrogen-bond donors (Lipinski definition) is 2. The third kappa shape index (κ3) is 2.93. The van der Waals surface area contributed by atoms with E-state index in [9.17, 15) is 13.2 Å². The van der Waals surface area contributed by atoms with E-state index in [1.165, 1.54) is 12.1 Å². The second-order valence-electron chi connectivity index (χ2n) is 3.82. The zero-order chi connectivity index (χ0) is 14.0. The molecule has 1 heterocycles. The summed E-state index contributed by atoms with van der Waals surface area (Å²) in [5.74, 6) is 0.559. The van der Waals surface area contributed by atoms with Crippen LogP contribution in [-0.2, 0) is 6.18 Å². The molecule has 2 rings (SSSR count). The maximum absolute atomic E-state index is 12.4. The Morgan fingerprint density at radius 2 is 1.74 bits per heavy atom. The molecule has 19 heavy (non-hydrogen) atoms. The lowest BCUT2D eigenvalue weighted by molar-refractivity contribution is -0.137. The van der Waals surface area contributed by atoms with E-state index in [2.05, 4.69) is 15.3 Å². The Morgan fingerprint density at radius 3 is 2.26 bits per heavy atom. The molecule has 0 aliphatic heterocycles. The van der Waals surface area contributed by atoms with E-state index in [0.29, 0.717) is 17.1 Å². The minimum absolute atomic E-state index is 0.0572. The third-order valence-electron chi connectivity index (χ3n) is 2.51. The fourth-order valence-electron chi connectivity index (χ4n) is 1.57. The van der Waals surface area contributed by atoms with Gasteiger partial charge in [-0.3, -0.25) is 0 Å². The van der Waals surface area contributed by atoms with E-state index in [1.54, 1.807) is 13.1 Å². The number of rotatable bonds is 2. The van der Waals surface area contributed by atoms with Gasteiger partial charge in [-0.15, -0.1) is 0 Å². The quantitative estimate of drug-likeness (QED) is 0.879. The van der Waals surface area contributed by atoms with Crippen LogP contribution in [0.25, 0.3) is 11.3 Å². The summed E-state index contributed by atoms with van der Waals surface area (Å²) < 4.78 is 37.3. The van der Waals surface area contributed by atoms with Crippen LogP contribution in [0.3, 0.4) is 0 Å². The van der Waals surface area contributed by atoms with Crippen molar-refractivity contribution in [3.8, 4) is 11.3 Å². The molecule has 0 aliphatic carbocycles. The molecule has 0 aliphatic rings. The number of nitrogen functional groups attached to an aromatic ring is 1. The number of nitrogens with zero attached hydrogens (tertiary/aromatic N) is 2. The van der Waals surface area contributed by atoms with Crippen molar-refractivity contribution < 1.29 is 13.2 Å². The van der Waals surface area contributed by atoms with Crippen LogP contribution in [0.15, 0.2) is 30.3 Å². The van der Waals surface area contributed by atoms with Gasteiger partial charge < -0.3 is 11.1 Å². The van der Waals surface area contributed by atoms with Crippen LogP contribution in [0.1, 0.15) is 5.56 Å². The van der Waals surface area contributed by atoms with E-state index in [0.717, 1.165) is 12.1 Å². The van der Waals surface area contributed by atoms with Gasteiger partial charge >= 0.3 is 6.18 Å². The van der Waals surface area contributed by atoms with Crippen molar-refractivity contribution in [2.45, 2.75) is 6.18 Å². The Kier molecular flexibility index (Phi) is 3.28. The highest BCUT2D eigenvalue weighted by Gasteiger charge is 2.30. The van der Waals surface area contributed by atoms with E-state index >= 15 is 0 Å². The molecule has 0 atom stereocenters. The van der Waals surface area contributed by atoms with Crippen LogP contribution in [0.4, 0.5) is 24.9 Å². The molecule has 0 bridgehead atoms. The summed E-state index contributed by atoms with van der Waals surface area (Å²) in [4.78, 5) is 7.90. The summed E-state index contributed by atoms with van der Waals surface area (Å²) in [7, 11) is 1.66. The second kappa shape index (κ2) is 4.75. The van der Waals surface area contributed by atoms with Gasteiger partial charge in [0.15, 0.2) is 0 Å². The Bertz CT molecular complexity index is 579.